The van der Waals surface area contributed by atoms with Crippen LogP contribution in [0.4, 0.5) is 0 Å². The van der Waals surface area contributed by atoms with Crippen LogP contribution in [-0.4, -0.2) is 17.1 Å². The third kappa shape index (κ3) is 4.32. The highest BCUT2D eigenvalue weighted by molar-refractivity contribution is 6.31. The zero-order valence-corrected chi connectivity index (χ0v) is 9.29. The van der Waals surface area contributed by atoms with Crippen LogP contribution in [0.1, 0.15) is 18.9 Å². The van der Waals surface area contributed by atoms with E-state index in [1.807, 2.05) is 31.2 Å². The average molecular weight is 228 g/mol. The molecule has 2 N–H and O–H groups in total. The highest BCUT2D eigenvalue weighted by Crippen LogP contribution is 2.14. The van der Waals surface area contributed by atoms with Gasteiger partial charge in [-0.15, -0.1) is 0 Å². The fourth-order valence-electron chi connectivity index (χ4n) is 1.26. The van der Waals surface area contributed by atoms with Crippen molar-refractivity contribution < 1.29 is 9.90 Å². The molecule has 0 heterocycles. The number of hydrogen-bond acceptors (Lipinski definition) is 2. The van der Waals surface area contributed by atoms with Crippen LogP contribution in [0.25, 0.3) is 0 Å². The molecule has 0 amide bonds. The summed E-state index contributed by atoms with van der Waals surface area (Å²) in [5.41, 5.74) is 0.983. The smallest absolute Gasteiger partial charge is 0.304 e. The van der Waals surface area contributed by atoms with Gasteiger partial charge in [-0.05, 0) is 18.6 Å². The molecule has 0 saturated carbocycles. The van der Waals surface area contributed by atoms with Crippen molar-refractivity contribution in [3.8, 4) is 0 Å². The highest BCUT2D eigenvalue weighted by atomic mass is 35.5. The molecule has 1 rings (SSSR count). The Morgan fingerprint density at radius 1 is 1.53 bits per heavy atom. The van der Waals surface area contributed by atoms with E-state index in [1.54, 1.807) is 0 Å². The Morgan fingerprint density at radius 3 is 2.80 bits per heavy atom. The molecule has 1 aromatic rings. The molecule has 1 aromatic carbocycles. The number of carbonyl (C=O) groups is 1. The van der Waals surface area contributed by atoms with Gasteiger partial charge in [0.2, 0.25) is 0 Å². The first-order chi connectivity index (χ1) is 7.09. The van der Waals surface area contributed by atoms with Crippen LogP contribution < -0.4 is 5.32 Å². The summed E-state index contributed by atoms with van der Waals surface area (Å²) in [6.45, 7) is 2.43. The molecular weight excluding hydrogens is 214 g/mol. The van der Waals surface area contributed by atoms with Gasteiger partial charge >= 0.3 is 5.97 Å². The minimum Gasteiger partial charge on any atom is -0.481 e. The lowest BCUT2D eigenvalue weighted by molar-refractivity contribution is -0.137. The number of aliphatic carboxylic acids is 1. The first kappa shape index (κ1) is 12.0. The monoisotopic (exact) mass is 227 g/mol. The third-order valence-corrected chi connectivity index (χ3v) is 2.45. The Morgan fingerprint density at radius 2 is 2.20 bits per heavy atom. The summed E-state index contributed by atoms with van der Waals surface area (Å²) in [5.74, 6) is -0.797. The fourth-order valence-corrected chi connectivity index (χ4v) is 1.46. The number of rotatable bonds is 5. The average Bonchev–Trinajstić information content (AvgIpc) is 2.15. The summed E-state index contributed by atoms with van der Waals surface area (Å²) in [6.07, 6.45) is 0.116. The lowest BCUT2D eigenvalue weighted by atomic mass is 10.2. The van der Waals surface area contributed by atoms with Crippen LogP contribution >= 0.6 is 11.6 Å². The molecule has 0 aliphatic heterocycles. The Labute approximate surface area is 94.1 Å². The summed E-state index contributed by atoms with van der Waals surface area (Å²) in [4.78, 5) is 10.4. The van der Waals surface area contributed by atoms with Gasteiger partial charge in [0.15, 0.2) is 0 Å². The van der Waals surface area contributed by atoms with Gasteiger partial charge in [0.1, 0.15) is 0 Å². The van der Waals surface area contributed by atoms with Gasteiger partial charge in [-0.25, -0.2) is 0 Å². The summed E-state index contributed by atoms with van der Waals surface area (Å²) >= 11 is 5.96. The number of nitrogens with one attached hydrogen (secondary N) is 1. The first-order valence-electron chi connectivity index (χ1n) is 4.78. The molecule has 15 heavy (non-hydrogen) atoms. The van der Waals surface area contributed by atoms with E-state index >= 15 is 0 Å². The summed E-state index contributed by atoms with van der Waals surface area (Å²) in [6, 6.07) is 7.46. The van der Waals surface area contributed by atoms with Crippen molar-refractivity contribution in [1.29, 1.82) is 0 Å². The molecule has 1 unspecified atom stereocenters. The largest absolute Gasteiger partial charge is 0.481 e. The van der Waals surface area contributed by atoms with E-state index in [9.17, 15) is 4.79 Å². The second-order valence-corrected chi connectivity index (χ2v) is 3.88. The minimum absolute atomic E-state index is 0.0567. The lowest BCUT2D eigenvalue weighted by Gasteiger charge is -2.12. The van der Waals surface area contributed by atoms with Crippen molar-refractivity contribution in [3.63, 3.8) is 0 Å². The maximum absolute atomic E-state index is 10.4. The predicted molar refractivity (Wildman–Crippen MR) is 60.0 cm³/mol. The summed E-state index contributed by atoms with van der Waals surface area (Å²) < 4.78 is 0. The standard InChI is InChI=1S/C11H14ClNO2/c1-8(6-11(14)15)13-7-9-4-2-3-5-10(9)12/h2-5,8,13H,6-7H2,1H3,(H,14,15). The molecule has 3 nitrogen and oxygen atoms in total. The number of hydrogen-bond donors (Lipinski definition) is 2. The molecule has 0 fully saturated rings. The Kier molecular flexibility index (Phi) is 4.59. The van der Waals surface area contributed by atoms with E-state index in [-0.39, 0.29) is 12.5 Å². The maximum Gasteiger partial charge on any atom is 0.304 e. The fraction of sp³-hybridized carbons (Fsp3) is 0.364. The SMILES string of the molecule is CC(CC(=O)O)NCc1ccccc1Cl. The first-order valence-corrected chi connectivity index (χ1v) is 5.16. The Bertz CT molecular complexity index is 341. The van der Waals surface area contributed by atoms with E-state index < -0.39 is 5.97 Å². The zero-order valence-electron chi connectivity index (χ0n) is 8.53. The normalized spacial score (nSPS) is 12.4. The van der Waals surface area contributed by atoms with Crippen molar-refractivity contribution >= 4 is 17.6 Å². The molecule has 0 aliphatic rings. The highest BCUT2D eigenvalue weighted by Gasteiger charge is 2.07. The van der Waals surface area contributed by atoms with Gasteiger partial charge in [-0.2, -0.15) is 0 Å². The summed E-state index contributed by atoms with van der Waals surface area (Å²) in [7, 11) is 0. The van der Waals surface area contributed by atoms with Crippen molar-refractivity contribution in [3.05, 3.63) is 34.9 Å². The molecule has 0 bridgehead atoms. The molecule has 0 spiro atoms. The number of carboxylic acid groups (broad SMARTS) is 1. The molecular formula is C11H14ClNO2. The second kappa shape index (κ2) is 5.73. The van der Waals surface area contributed by atoms with Crippen LogP contribution in [0.5, 0.6) is 0 Å². The summed E-state index contributed by atoms with van der Waals surface area (Å²) in [5, 5.41) is 12.4. The van der Waals surface area contributed by atoms with Gasteiger partial charge in [-0.1, -0.05) is 29.8 Å². The number of halogens is 1. The number of carboxylic acids is 1. The van der Waals surface area contributed by atoms with E-state index in [2.05, 4.69) is 5.32 Å². The second-order valence-electron chi connectivity index (χ2n) is 3.47. The van der Waals surface area contributed by atoms with Gasteiger partial charge in [0, 0.05) is 17.6 Å². The van der Waals surface area contributed by atoms with Crippen LogP contribution in [0.2, 0.25) is 5.02 Å². The third-order valence-electron chi connectivity index (χ3n) is 2.08. The van der Waals surface area contributed by atoms with Gasteiger partial charge in [0.05, 0.1) is 6.42 Å². The molecule has 1 atom stereocenters. The molecule has 82 valence electrons. The van der Waals surface area contributed by atoms with Crippen molar-refractivity contribution in [2.75, 3.05) is 0 Å². The van der Waals surface area contributed by atoms with E-state index in [4.69, 9.17) is 16.7 Å². The Hall–Kier alpha value is -1.06. The minimum atomic E-state index is -0.797. The van der Waals surface area contributed by atoms with Crippen molar-refractivity contribution in [1.82, 2.24) is 5.32 Å². The van der Waals surface area contributed by atoms with Gasteiger partial charge in [-0.3, -0.25) is 4.79 Å². The van der Waals surface area contributed by atoms with Crippen LogP contribution in [0.15, 0.2) is 24.3 Å². The zero-order chi connectivity index (χ0) is 11.3. The molecule has 0 radical (unpaired) electrons. The van der Waals surface area contributed by atoms with Gasteiger partial charge in [0.25, 0.3) is 0 Å². The quantitative estimate of drug-likeness (QED) is 0.812. The van der Waals surface area contributed by atoms with Crippen LogP contribution in [0.3, 0.4) is 0 Å². The molecule has 0 aromatic heterocycles. The van der Waals surface area contributed by atoms with E-state index in [0.717, 1.165) is 5.56 Å². The van der Waals surface area contributed by atoms with Crippen molar-refractivity contribution in [2.45, 2.75) is 25.9 Å². The van der Waals surface area contributed by atoms with E-state index in [0.29, 0.717) is 11.6 Å². The molecule has 0 aliphatic carbocycles. The van der Waals surface area contributed by atoms with Crippen LogP contribution in [0, 0.1) is 0 Å². The van der Waals surface area contributed by atoms with Gasteiger partial charge < -0.3 is 10.4 Å². The maximum atomic E-state index is 10.4. The molecule has 0 saturated heterocycles. The topological polar surface area (TPSA) is 49.3 Å². The lowest BCUT2D eigenvalue weighted by Crippen LogP contribution is -2.28. The van der Waals surface area contributed by atoms with Crippen LogP contribution in [-0.2, 0) is 11.3 Å². The number of benzene rings is 1. The van der Waals surface area contributed by atoms with Crippen molar-refractivity contribution in [2.24, 2.45) is 0 Å². The van der Waals surface area contributed by atoms with E-state index in [1.165, 1.54) is 0 Å². The predicted octanol–water partition coefficient (Wildman–Crippen LogP) is 2.29. The Balaban J connectivity index is 2.43. The molecule has 4 heteroatoms.